The molecule has 0 bridgehead atoms. The molecule has 0 unspecified atom stereocenters. The molecule has 19 heavy (non-hydrogen) atoms. The summed E-state index contributed by atoms with van der Waals surface area (Å²) < 4.78 is 5.33. The number of rotatable bonds is 4. The van der Waals surface area contributed by atoms with Crippen LogP contribution in [-0.2, 0) is 6.42 Å². The molecule has 1 atom stereocenters. The van der Waals surface area contributed by atoms with Crippen LogP contribution >= 0.6 is 0 Å². The molecule has 0 aliphatic heterocycles. The van der Waals surface area contributed by atoms with E-state index < -0.39 is 0 Å². The number of hydrogen-bond donors (Lipinski definition) is 1. The van der Waals surface area contributed by atoms with Gasteiger partial charge >= 0.3 is 0 Å². The average Bonchev–Trinajstić information content (AvgIpc) is 2.39. The number of aryl methyl sites for hydroxylation is 1. The molecule has 0 saturated heterocycles. The SMILES string of the molecule is COc1ccccc1Cc1ncc([C@@H](C)N)c(C)n1. The van der Waals surface area contributed by atoms with Crippen molar-refractivity contribution in [3.05, 3.63) is 53.1 Å². The maximum absolute atomic E-state index is 5.86. The molecule has 1 heterocycles. The number of nitrogens with zero attached hydrogens (tertiary/aromatic N) is 2. The number of aromatic nitrogens is 2. The lowest BCUT2D eigenvalue weighted by molar-refractivity contribution is 0.410. The lowest BCUT2D eigenvalue weighted by atomic mass is 10.1. The molecule has 1 aromatic heterocycles. The van der Waals surface area contributed by atoms with E-state index in [1.807, 2.05) is 44.3 Å². The zero-order valence-corrected chi connectivity index (χ0v) is 11.6. The summed E-state index contributed by atoms with van der Waals surface area (Å²) in [6, 6.07) is 7.87. The molecule has 0 amide bonds. The minimum Gasteiger partial charge on any atom is -0.496 e. The predicted octanol–water partition coefficient (Wildman–Crippen LogP) is 2.40. The Morgan fingerprint density at radius 1 is 1.32 bits per heavy atom. The predicted molar refractivity (Wildman–Crippen MR) is 75.2 cm³/mol. The largest absolute Gasteiger partial charge is 0.496 e. The Balaban J connectivity index is 2.26. The molecular formula is C15H19N3O. The molecule has 2 N–H and O–H groups in total. The van der Waals surface area contributed by atoms with Gasteiger partial charge in [-0.2, -0.15) is 0 Å². The highest BCUT2D eigenvalue weighted by molar-refractivity contribution is 5.35. The van der Waals surface area contributed by atoms with E-state index in [0.717, 1.165) is 28.4 Å². The highest BCUT2D eigenvalue weighted by Gasteiger charge is 2.09. The van der Waals surface area contributed by atoms with Crippen molar-refractivity contribution < 1.29 is 4.74 Å². The van der Waals surface area contributed by atoms with Gasteiger partial charge in [-0.25, -0.2) is 9.97 Å². The Labute approximate surface area is 113 Å². The van der Waals surface area contributed by atoms with Gasteiger partial charge < -0.3 is 10.5 Å². The Kier molecular flexibility index (Phi) is 4.12. The number of para-hydroxylation sites is 1. The normalized spacial score (nSPS) is 12.2. The number of benzene rings is 1. The average molecular weight is 257 g/mol. The Bertz CT molecular complexity index is 567. The third-order valence-corrected chi connectivity index (χ3v) is 3.10. The maximum atomic E-state index is 5.86. The molecule has 0 fully saturated rings. The zero-order chi connectivity index (χ0) is 13.8. The summed E-state index contributed by atoms with van der Waals surface area (Å²) in [6.45, 7) is 3.90. The first kappa shape index (κ1) is 13.5. The van der Waals surface area contributed by atoms with Gasteiger partial charge in [0.25, 0.3) is 0 Å². The molecule has 0 aliphatic rings. The quantitative estimate of drug-likeness (QED) is 0.913. The van der Waals surface area contributed by atoms with Crippen LogP contribution in [0.2, 0.25) is 0 Å². The Morgan fingerprint density at radius 3 is 2.68 bits per heavy atom. The summed E-state index contributed by atoms with van der Waals surface area (Å²) in [7, 11) is 1.67. The van der Waals surface area contributed by atoms with E-state index in [1.165, 1.54) is 0 Å². The molecule has 100 valence electrons. The highest BCUT2D eigenvalue weighted by Crippen LogP contribution is 2.20. The van der Waals surface area contributed by atoms with Gasteiger partial charge in [-0.05, 0) is 19.9 Å². The van der Waals surface area contributed by atoms with E-state index in [4.69, 9.17) is 10.5 Å². The van der Waals surface area contributed by atoms with Gasteiger partial charge in [0.1, 0.15) is 11.6 Å². The van der Waals surface area contributed by atoms with Gasteiger partial charge in [0.2, 0.25) is 0 Å². The second-order valence-corrected chi connectivity index (χ2v) is 4.60. The summed E-state index contributed by atoms with van der Waals surface area (Å²) in [4.78, 5) is 8.90. The Morgan fingerprint density at radius 2 is 2.05 bits per heavy atom. The van der Waals surface area contributed by atoms with Crippen LogP contribution in [0.3, 0.4) is 0 Å². The van der Waals surface area contributed by atoms with Crippen LogP contribution < -0.4 is 10.5 Å². The van der Waals surface area contributed by atoms with E-state index in [2.05, 4.69) is 9.97 Å². The molecular weight excluding hydrogens is 238 g/mol. The van der Waals surface area contributed by atoms with Crippen molar-refractivity contribution in [2.75, 3.05) is 7.11 Å². The van der Waals surface area contributed by atoms with Crippen molar-refractivity contribution in [2.45, 2.75) is 26.3 Å². The summed E-state index contributed by atoms with van der Waals surface area (Å²) >= 11 is 0. The molecule has 0 aliphatic carbocycles. The first-order valence-corrected chi connectivity index (χ1v) is 6.31. The second kappa shape index (κ2) is 5.80. The van der Waals surface area contributed by atoms with Crippen molar-refractivity contribution in [2.24, 2.45) is 5.73 Å². The summed E-state index contributed by atoms with van der Waals surface area (Å²) in [5.41, 5.74) is 8.87. The number of ether oxygens (including phenoxy) is 1. The van der Waals surface area contributed by atoms with Crippen molar-refractivity contribution in [1.29, 1.82) is 0 Å². The fraction of sp³-hybridized carbons (Fsp3) is 0.333. The molecule has 2 aromatic rings. The fourth-order valence-electron chi connectivity index (χ4n) is 2.08. The maximum Gasteiger partial charge on any atom is 0.133 e. The van der Waals surface area contributed by atoms with E-state index in [9.17, 15) is 0 Å². The van der Waals surface area contributed by atoms with Crippen LogP contribution in [0.1, 0.15) is 35.6 Å². The van der Waals surface area contributed by atoms with Gasteiger partial charge in [0, 0.05) is 35.5 Å². The van der Waals surface area contributed by atoms with E-state index >= 15 is 0 Å². The topological polar surface area (TPSA) is 61.0 Å². The van der Waals surface area contributed by atoms with Crippen molar-refractivity contribution >= 4 is 0 Å². The van der Waals surface area contributed by atoms with Crippen LogP contribution in [-0.4, -0.2) is 17.1 Å². The first-order valence-electron chi connectivity index (χ1n) is 6.31. The van der Waals surface area contributed by atoms with Crippen molar-refractivity contribution in [3.8, 4) is 5.75 Å². The van der Waals surface area contributed by atoms with Crippen LogP contribution in [0.4, 0.5) is 0 Å². The molecule has 0 spiro atoms. The van der Waals surface area contributed by atoms with Crippen LogP contribution in [0.5, 0.6) is 5.75 Å². The number of methoxy groups -OCH3 is 1. The molecule has 4 heteroatoms. The monoisotopic (exact) mass is 257 g/mol. The minimum absolute atomic E-state index is 0.0414. The Hall–Kier alpha value is -1.94. The molecule has 0 saturated carbocycles. The lowest BCUT2D eigenvalue weighted by Crippen LogP contribution is -2.10. The molecule has 1 aromatic carbocycles. The number of nitrogens with two attached hydrogens (primary N) is 1. The highest BCUT2D eigenvalue weighted by atomic mass is 16.5. The summed E-state index contributed by atoms with van der Waals surface area (Å²) in [5, 5.41) is 0. The minimum atomic E-state index is -0.0414. The third kappa shape index (κ3) is 3.09. The van der Waals surface area contributed by atoms with Crippen molar-refractivity contribution in [3.63, 3.8) is 0 Å². The van der Waals surface area contributed by atoms with E-state index in [-0.39, 0.29) is 6.04 Å². The molecule has 2 rings (SSSR count). The van der Waals surface area contributed by atoms with Crippen LogP contribution in [0.15, 0.2) is 30.5 Å². The zero-order valence-electron chi connectivity index (χ0n) is 11.6. The number of hydrogen-bond acceptors (Lipinski definition) is 4. The van der Waals surface area contributed by atoms with Crippen molar-refractivity contribution in [1.82, 2.24) is 9.97 Å². The smallest absolute Gasteiger partial charge is 0.133 e. The third-order valence-electron chi connectivity index (χ3n) is 3.10. The van der Waals surface area contributed by atoms with E-state index in [1.54, 1.807) is 7.11 Å². The first-order chi connectivity index (χ1) is 9.11. The van der Waals surface area contributed by atoms with E-state index in [0.29, 0.717) is 6.42 Å². The second-order valence-electron chi connectivity index (χ2n) is 4.60. The van der Waals surface area contributed by atoms with Gasteiger partial charge in [-0.3, -0.25) is 0 Å². The molecule has 0 radical (unpaired) electrons. The van der Waals surface area contributed by atoms with Gasteiger partial charge in [-0.1, -0.05) is 18.2 Å². The van der Waals surface area contributed by atoms with Crippen LogP contribution in [0, 0.1) is 6.92 Å². The van der Waals surface area contributed by atoms with Crippen LogP contribution in [0.25, 0.3) is 0 Å². The summed E-state index contributed by atoms with van der Waals surface area (Å²) in [6.07, 6.45) is 2.47. The lowest BCUT2D eigenvalue weighted by Gasteiger charge is -2.11. The van der Waals surface area contributed by atoms with Gasteiger partial charge in [-0.15, -0.1) is 0 Å². The van der Waals surface area contributed by atoms with Gasteiger partial charge in [0.05, 0.1) is 7.11 Å². The standard InChI is InChI=1S/C15H19N3O/c1-10(16)13-9-17-15(18-11(13)2)8-12-6-4-5-7-14(12)19-3/h4-7,9-10H,8,16H2,1-3H3/t10-/m1/s1. The molecule has 4 nitrogen and oxygen atoms in total. The van der Waals surface area contributed by atoms with Gasteiger partial charge in [0.15, 0.2) is 0 Å². The summed E-state index contributed by atoms with van der Waals surface area (Å²) in [5.74, 6) is 1.64. The fourth-order valence-corrected chi connectivity index (χ4v) is 2.08.